The van der Waals surface area contributed by atoms with Gasteiger partial charge in [0, 0.05) is 31.7 Å². The highest BCUT2D eigenvalue weighted by Crippen LogP contribution is 2.31. The van der Waals surface area contributed by atoms with Crippen LogP contribution in [0.5, 0.6) is 5.75 Å². The van der Waals surface area contributed by atoms with Gasteiger partial charge in [0.25, 0.3) is 5.91 Å². The zero-order chi connectivity index (χ0) is 18.4. The van der Waals surface area contributed by atoms with E-state index in [9.17, 15) is 4.79 Å². The monoisotopic (exact) mass is 393 g/mol. The first-order valence-electron chi connectivity index (χ1n) is 7.97. The van der Waals surface area contributed by atoms with E-state index in [0.29, 0.717) is 28.0 Å². The number of aryl methyl sites for hydroxylation is 1. The summed E-state index contributed by atoms with van der Waals surface area (Å²) in [7, 11) is 0. The maximum atomic E-state index is 12.1. The van der Waals surface area contributed by atoms with E-state index >= 15 is 0 Å². The second-order valence-corrected chi connectivity index (χ2v) is 6.26. The first kappa shape index (κ1) is 18.3. The van der Waals surface area contributed by atoms with Crippen LogP contribution >= 0.6 is 23.2 Å². The molecule has 0 fully saturated rings. The largest absolute Gasteiger partial charge is 0.470 e. The van der Waals surface area contributed by atoms with Crippen LogP contribution in [0.15, 0.2) is 49.2 Å². The van der Waals surface area contributed by atoms with E-state index in [1.807, 2.05) is 10.8 Å². The van der Waals surface area contributed by atoms with Gasteiger partial charge in [0.15, 0.2) is 6.73 Å². The molecular formula is C17H17Cl2N5O2. The van der Waals surface area contributed by atoms with Crippen LogP contribution in [0, 0.1) is 0 Å². The number of hydrogen-bond acceptors (Lipinski definition) is 4. The molecule has 1 amide bonds. The van der Waals surface area contributed by atoms with Crippen molar-refractivity contribution in [1.29, 1.82) is 0 Å². The van der Waals surface area contributed by atoms with Crippen LogP contribution in [0.1, 0.15) is 16.9 Å². The second-order valence-electron chi connectivity index (χ2n) is 5.48. The average molecular weight is 394 g/mol. The molecule has 0 aliphatic carbocycles. The van der Waals surface area contributed by atoms with Gasteiger partial charge in [-0.3, -0.25) is 4.79 Å². The van der Waals surface area contributed by atoms with Gasteiger partial charge < -0.3 is 14.6 Å². The molecule has 2 aromatic heterocycles. The van der Waals surface area contributed by atoms with E-state index in [0.717, 1.165) is 13.0 Å². The minimum atomic E-state index is -0.227. The van der Waals surface area contributed by atoms with E-state index < -0.39 is 0 Å². The summed E-state index contributed by atoms with van der Waals surface area (Å²) in [6.07, 6.45) is 7.83. The first-order chi connectivity index (χ1) is 12.6. The van der Waals surface area contributed by atoms with Crippen molar-refractivity contribution in [3.63, 3.8) is 0 Å². The maximum Gasteiger partial charge on any atom is 0.271 e. The number of hydrogen-bond donors (Lipinski definition) is 1. The molecule has 9 heteroatoms. The average Bonchev–Trinajstić information content (AvgIpc) is 3.31. The van der Waals surface area contributed by atoms with Crippen molar-refractivity contribution >= 4 is 29.1 Å². The highest BCUT2D eigenvalue weighted by Gasteiger charge is 2.10. The van der Waals surface area contributed by atoms with Gasteiger partial charge in [-0.15, -0.1) is 0 Å². The fraction of sp³-hybridized carbons (Fsp3) is 0.235. The van der Waals surface area contributed by atoms with E-state index in [4.69, 9.17) is 27.9 Å². The van der Waals surface area contributed by atoms with Crippen molar-refractivity contribution < 1.29 is 9.53 Å². The lowest BCUT2D eigenvalue weighted by Crippen LogP contribution is -2.25. The van der Waals surface area contributed by atoms with Crippen LogP contribution in [0.3, 0.4) is 0 Å². The fourth-order valence-corrected chi connectivity index (χ4v) is 2.61. The molecule has 2 heterocycles. The number of benzene rings is 1. The molecule has 0 aliphatic heterocycles. The lowest BCUT2D eigenvalue weighted by molar-refractivity contribution is 0.0945. The Kier molecular flexibility index (Phi) is 6.14. The number of carbonyl (C=O) groups is 1. The molecule has 0 bridgehead atoms. The van der Waals surface area contributed by atoms with Crippen LogP contribution < -0.4 is 10.1 Å². The number of aromatic nitrogens is 4. The Morgan fingerprint density at radius 1 is 1.23 bits per heavy atom. The summed E-state index contributed by atoms with van der Waals surface area (Å²) in [5, 5.41) is 7.79. The van der Waals surface area contributed by atoms with Gasteiger partial charge in [0.2, 0.25) is 0 Å². The molecule has 7 nitrogen and oxygen atoms in total. The van der Waals surface area contributed by atoms with E-state index in [1.165, 1.54) is 4.68 Å². The summed E-state index contributed by atoms with van der Waals surface area (Å²) in [6, 6.07) is 6.77. The molecule has 3 rings (SSSR count). The van der Waals surface area contributed by atoms with Crippen molar-refractivity contribution in [2.45, 2.75) is 19.7 Å². The van der Waals surface area contributed by atoms with E-state index in [2.05, 4.69) is 15.4 Å². The van der Waals surface area contributed by atoms with Crippen LogP contribution in [-0.4, -0.2) is 31.8 Å². The van der Waals surface area contributed by atoms with Crippen LogP contribution in [0.4, 0.5) is 0 Å². The smallest absolute Gasteiger partial charge is 0.271 e. The minimum Gasteiger partial charge on any atom is -0.470 e. The summed E-state index contributed by atoms with van der Waals surface area (Å²) in [5.74, 6) is 0.232. The molecule has 3 aromatic rings. The van der Waals surface area contributed by atoms with Gasteiger partial charge in [-0.25, -0.2) is 9.67 Å². The Labute approximate surface area is 160 Å². The third kappa shape index (κ3) is 4.77. The van der Waals surface area contributed by atoms with E-state index in [1.54, 1.807) is 43.0 Å². The highest BCUT2D eigenvalue weighted by molar-refractivity contribution is 6.42. The Balaban J connectivity index is 1.46. The summed E-state index contributed by atoms with van der Waals surface area (Å²) >= 11 is 12.0. The zero-order valence-electron chi connectivity index (χ0n) is 13.8. The van der Waals surface area contributed by atoms with Crippen molar-refractivity contribution in [3.8, 4) is 5.75 Å². The summed E-state index contributed by atoms with van der Waals surface area (Å²) in [5.41, 5.74) is 0.327. The predicted octanol–water partition coefficient (Wildman–Crippen LogP) is 3.24. The van der Waals surface area contributed by atoms with E-state index in [-0.39, 0.29) is 12.6 Å². The van der Waals surface area contributed by atoms with Crippen molar-refractivity contribution in [2.75, 3.05) is 6.54 Å². The van der Waals surface area contributed by atoms with Gasteiger partial charge in [-0.05, 0) is 24.6 Å². The van der Waals surface area contributed by atoms with Crippen molar-refractivity contribution in [2.24, 2.45) is 0 Å². The van der Waals surface area contributed by atoms with Crippen LogP contribution in [0.2, 0.25) is 10.0 Å². The molecule has 136 valence electrons. The number of halogens is 2. The van der Waals surface area contributed by atoms with Crippen molar-refractivity contribution in [1.82, 2.24) is 24.6 Å². The van der Waals surface area contributed by atoms with Crippen molar-refractivity contribution in [3.05, 3.63) is 64.9 Å². The molecule has 0 spiro atoms. The van der Waals surface area contributed by atoms with Gasteiger partial charge in [0.1, 0.15) is 16.5 Å². The molecule has 0 unspecified atom stereocenters. The quantitative estimate of drug-likeness (QED) is 0.596. The van der Waals surface area contributed by atoms with Gasteiger partial charge in [-0.1, -0.05) is 29.3 Å². The Hall–Kier alpha value is -2.51. The number of rotatable bonds is 8. The topological polar surface area (TPSA) is 74.0 Å². The van der Waals surface area contributed by atoms with Gasteiger partial charge in [0.05, 0.1) is 11.3 Å². The first-order valence-corrected chi connectivity index (χ1v) is 8.73. The molecule has 0 atom stereocenters. The Morgan fingerprint density at radius 3 is 2.92 bits per heavy atom. The summed E-state index contributed by atoms with van der Waals surface area (Å²) < 4.78 is 9.05. The third-order valence-electron chi connectivity index (χ3n) is 3.58. The van der Waals surface area contributed by atoms with Gasteiger partial charge in [-0.2, -0.15) is 5.10 Å². The number of imidazole rings is 1. The second kappa shape index (κ2) is 8.73. The molecule has 0 saturated carbocycles. The SMILES string of the molecule is O=C(NCCCn1ccnc1)c1ccn(COc2cccc(Cl)c2Cl)n1. The Bertz CT molecular complexity index is 864. The lowest BCUT2D eigenvalue weighted by Gasteiger charge is -2.08. The number of nitrogens with zero attached hydrogens (tertiary/aromatic N) is 4. The maximum absolute atomic E-state index is 12.1. The molecule has 0 radical (unpaired) electrons. The zero-order valence-corrected chi connectivity index (χ0v) is 15.3. The summed E-state index contributed by atoms with van der Waals surface area (Å²) in [6.45, 7) is 1.47. The normalized spacial score (nSPS) is 10.7. The number of nitrogens with one attached hydrogen (secondary N) is 1. The molecule has 1 aromatic carbocycles. The predicted molar refractivity (Wildman–Crippen MR) is 98.5 cm³/mol. The molecule has 0 aliphatic rings. The minimum absolute atomic E-state index is 0.119. The van der Waals surface area contributed by atoms with Crippen LogP contribution in [0.25, 0.3) is 0 Å². The molecule has 26 heavy (non-hydrogen) atoms. The third-order valence-corrected chi connectivity index (χ3v) is 4.38. The van der Waals surface area contributed by atoms with Gasteiger partial charge >= 0.3 is 0 Å². The standard InChI is InChI=1S/C17H17Cl2N5O2/c18-13-3-1-4-15(16(13)19)26-12-24-9-5-14(22-24)17(25)21-6-2-8-23-10-7-20-11-23/h1,3-5,7,9-11H,2,6,8,12H2,(H,21,25). The highest BCUT2D eigenvalue weighted by atomic mass is 35.5. The number of carbonyl (C=O) groups excluding carboxylic acids is 1. The number of ether oxygens (including phenoxy) is 1. The molecule has 0 saturated heterocycles. The lowest BCUT2D eigenvalue weighted by atomic mass is 10.3. The molecular weight excluding hydrogens is 377 g/mol. The van der Waals surface area contributed by atoms with Crippen LogP contribution in [-0.2, 0) is 13.3 Å². The molecule has 1 N–H and O–H groups in total. The summed E-state index contributed by atoms with van der Waals surface area (Å²) in [4.78, 5) is 16.1. The number of amides is 1. The Morgan fingerprint density at radius 2 is 2.12 bits per heavy atom. The fourth-order valence-electron chi connectivity index (χ4n) is 2.26.